The third-order valence-corrected chi connectivity index (χ3v) is 11.1. The van der Waals surface area contributed by atoms with Crippen molar-refractivity contribution in [2.75, 3.05) is 0 Å². The standard InChI is InChI=1S/C50H29N5/c1-52-47-48(53-40-25-11-5-19-33(40)34-20-6-12-26-41(34)53)39(31-51)46(32-17-3-2-4-18-32)49(54-42-27-13-7-21-35(42)36-22-8-14-28-43(36)54)50(47)55-44-29-15-9-23-37(44)38-24-10-16-30-45(38)55/h2-30H. The Hall–Kier alpha value is -7.86. The van der Waals surface area contributed by atoms with Gasteiger partial charge < -0.3 is 13.7 Å². The van der Waals surface area contributed by atoms with Crippen LogP contribution in [0.3, 0.4) is 0 Å². The molecule has 0 radical (unpaired) electrons. The Morgan fingerprint density at radius 1 is 0.382 bits per heavy atom. The second-order valence-electron chi connectivity index (χ2n) is 13.8. The van der Waals surface area contributed by atoms with Gasteiger partial charge in [-0.2, -0.15) is 5.26 Å². The number of benzene rings is 8. The molecule has 3 heterocycles. The monoisotopic (exact) mass is 699 g/mol. The summed E-state index contributed by atoms with van der Waals surface area (Å²) in [6, 6.07) is 63.2. The fourth-order valence-electron chi connectivity index (χ4n) is 8.94. The van der Waals surface area contributed by atoms with Gasteiger partial charge in [0.1, 0.15) is 6.07 Å². The molecule has 5 nitrogen and oxygen atoms in total. The first-order valence-electron chi connectivity index (χ1n) is 18.3. The molecule has 5 heteroatoms. The minimum atomic E-state index is 0.395. The summed E-state index contributed by atoms with van der Waals surface area (Å²) >= 11 is 0. The van der Waals surface area contributed by atoms with Crippen molar-refractivity contribution in [3.63, 3.8) is 0 Å². The molecule has 0 saturated carbocycles. The summed E-state index contributed by atoms with van der Waals surface area (Å²) in [5.74, 6) is 0. The van der Waals surface area contributed by atoms with E-state index in [4.69, 9.17) is 0 Å². The van der Waals surface area contributed by atoms with Crippen LogP contribution in [-0.4, -0.2) is 13.7 Å². The third-order valence-electron chi connectivity index (χ3n) is 11.1. The number of fused-ring (bicyclic) bond motifs is 9. The minimum absolute atomic E-state index is 0.395. The number of rotatable bonds is 4. The summed E-state index contributed by atoms with van der Waals surface area (Å²) < 4.78 is 6.70. The molecule has 11 aromatic rings. The van der Waals surface area contributed by atoms with Crippen LogP contribution in [0.4, 0.5) is 5.69 Å². The molecule has 0 aliphatic carbocycles. The van der Waals surface area contributed by atoms with Crippen molar-refractivity contribution in [1.29, 1.82) is 5.26 Å². The van der Waals surface area contributed by atoms with Gasteiger partial charge in [-0.05, 0) is 42.0 Å². The molecule has 254 valence electrons. The molecular formula is C50H29N5. The molecule has 0 spiro atoms. The Kier molecular flexibility index (Phi) is 6.61. The molecule has 0 aliphatic rings. The van der Waals surface area contributed by atoms with Crippen LogP contribution in [0.2, 0.25) is 0 Å². The fourth-order valence-corrected chi connectivity index (χ4v) is 8.94. The largest absolute Gasteiger partial charge is 0.318 e. The van der Waals surface area contributed by atoms with Crippen molar-refractivity contribution in [1.82, 2.24) is 13.7 Å². The van der Waals surface area contributed by atoms with E-state index in [1.165, 1.54) is 0 Å². The van der Waals surface area contributed by atoms with Crippen LogP contribution in [0.1, 0.15) is 5.56 Å². The molecule has 0 saturated heterocycles. The van der Waals surface area contributed by atoms with E-state index in [2.05, 4.69) is 158 Å². The van der Waals surface area contributed by atoms with Gasteiger partial charge in [-0.25, -0.2) is 4.85 Å². The van der Waals surface area contributed by atoms with Crippen LogP contribution in [0.25, 0.3) is 98.5 Å². The van der Waals surface area contributed by atoms with E-state index in [1.807, 2.05) is 42.5 Å². The Balaban J connectivity index is 1.49. The average Bonchev–Trinajstić information content (AvgIpc) is 3.89. The molecule has 0 fully saturated rings. The first-order valence-corrected chi connectivity index (χ1v) is 18.3. The summed E-state index contributed by atoms with van der Waals surface area (Å²) in [5, 5.41) is 18.1. The van der Waals surface area contributed by atoms with E-state index in [0.29, 0.717) is 22.6 Å². The zero-order valence-electron chi connectivity index (χ0n) is 29.5. The van der Waals surface area contributed by atoms with Crippen LogP contribution in [0, 0.1) is 17.9 Å². The van der Waals surface area contributed by atoms with Crippen molar-refractivity contribution in [3.05, 3.63) is 193 Å². The van der Waals surface area contributed by atoms with Gasteiger partial charge in [0.2, 0.25) is 5.69 Å². The lowest BCUT2D eigenvalue weighted by Crippen LogP contribution is -2.11. The van der Waals surface area contributed by atoms with Crippen molar-refractivity contribution in [3.8, 4) is 34.3 Å². The predicted molar refractivity (Wildman–Crippen MR) is 226 cm³/mol. The second kappa shape index (κ2) is 11.8. The van der Waals surface area contributed by atoms with Crippen LogP contribution in [0.15, 0.2) is 176 Å². The molecule has 55 heavy (non-hydrogen) atoms. The topological polar surface area (TPSA) is 42.9 Å². The highest BCUT2D eigenvalue weighted by Crippen LogP contribution is 2.51. The maximum absolute atomic E-state index is 11.7. The van der Waals surface area contributed by atoms with Gasteiger partial charge in [0.05, 0.1) is 62.3 Å². The first-order chi connectivity index (χ1) is 27.3. The lowest BCUT2D eigenvalue weighted by atomic mass is 9.93. The first kappa shape index (κ1) is 30.7. The van der Waals surface area contributed by atoms with Gasteiger partial charge in [0.15, 0.2) is 0 Å². The summed E-state index contributed by atoms with van der Waals surface area (Å²) in [6.45, 7) is 9.24. The number of nitrogens with zero attached hydrogens (tertiary/aromatic N) is 5. The molecule has 3 aromatic heterocycles. The molecule has 0 aliphatic heterocycles. The minimum Gasteiger partial charge on any atom is -0.318 e. The van der Waals surface area contributed by atoms with Crippen LogP contribution in [0.5, 0.6) is 0 Å². The number of aromatic nitrogens is 3. The number of nitriles is 1. The maximum Gasteiger partial charge on any atom is 0.237 e. The van der Waals surface area contributed by atoms with Crippen molar-refractivity contribution < 1.29 is 0 Å². The Bertz CT molecular complexity index is 3290. The highest BCUT2D eigenvalue weighted by Gasteiger charge is 2.32. The van der Waals surface area contributed by atoms with Crippen molar-refractivity contribution >= 4 is 71.1 Å². The van der Waals surface area contributed by atoms with E-state index >= 15 is 0 Å². The third kappa shape index (κ3) is 4.21. The SMILES string of the molecule is [C-]#[N+]c1c(-n2c3ccccc3c3ccccc32)c(C#N)c(-c2ccccc2)c(-n2c3ccccc3c3ccccc32)c1-n1c2ccccc2c2ccccc21. The maximum atomic E-state index is 11.7. The highest BCUT2D eigenvalue weighted by atomic mass is 15.1. The lowest BCUT2D eigenvalue weighted by molar-refractivity contribution is 1.08. The zero-order valence-corrected chi connectivity index (χ0v) is 29.5. The van der Waals surface area contributed by atoms with E-state index in [-0.39, 0.29) is 0 Å². The van der Waals surface area contributed by atoms with E-state index in [9.17, 15) is 11.8 Å². The highest BCUT2D eigenvalue weighted by molar-refractivity contribution is 6.15. The molecular weight excluding hydrogens is 671 g/mol. The van der Waals surface area contributed by atoms with Gasteiger partial charge in [-0.3, -0.25) is 0 Å². The lowest BCUT2D eigenvalue weighted by Gasteiger charge is -2.26. The number of hydrogen-bond donors (Lipinski definition) is 0. The molecule has 0 N–H and O–H groups in total. The van der Waals surface area contributed by atoms with Crippen molar-refractivity contribution in [2.45, 2.75) is 0 Å². The van der Waals surface area contributed by atoms with Crippen LogP contribution < -0.4 is 0 Å². The van der Waals surface area contributed by atoms with Gasteiger partial charge in [0, 0.05) is 37.9 Å². The quantitative estimate of drug-likeness (QED) is 0.169. The Morgan fingerprint density at radius 2 is 0.691 bits per heavy atom. The van der Waals surface area contributed by atoms with E-state index in [0.717, 1.165) is 82.2 Å². The Morgan fingerprint density at radius 3 is 1.04 bits per heavy atom. The molecule has 0 amide bonds. The fraction of sp³-hybridized carbons (Fsp3) is 0. The number of para-hydroxylation sites is 6. The van der Waals surface area contributed by atoms with Gasteiger partial charge in [-0.15, -0.1) is 0 Å². The summed E-state index contributed by atoms with van der Waals surface area (Å²) in [5.41, 5.74) is 10.3. The molecule has 0 unspecified atom stereocenters. The molecule has 0 bridgehead atoms. The average molecular weight is 700 g/mol. The van der Waals surface area contributed by atoms with Gasteiger partial charge in [-0.1, -0.05) is 140 Å². The van der Waals surface area contributed by atoms with Gasteiger partial charge >= 0.3 is 0 Å². The van der Waals surface area contributed by atoms with Crippen LogP contribution >= 0.6 is 0 Å². The number of hydrogen-bond acceptors (Lipinski definition) is 1. The summed E-state index contributed by atoms with van der Waals surface area (Å²) in [6.07, 6.45) is 0. The normalized spacial score (nSPS) is 11.6. The smallest absolute Gasteiger partial charge is 0.237 e. The molecule has 0 atom stereocenters. The predicted octanol–water partition coefficient (Wildman–Crippen LogP) is 13.1. The Labute approximate surface area is 316 Å². The van der Waals surface area contributed by atoms with Crippen LogP contribution in [-0.2, 0) is 0 Å². The second-order valence-corrected chi connectivity index (χ2v) is 13.8. The zero-order chi connectivity index (χ0) is 36.6. The van der Waals surface area contributed by atoms with Crippen molar-refractivity contribution in [2.24, 2.45) is 0 Å². The summed E-state index contributed by atoms with van der Waals surface area (Å²) in [4.78, 5) is 4.53. The van der Waals surface area contributed by atoms with E-state index in [1.54, 1.807) is 0 Å². The van der Waals surface area contributed by atoms with E-state index < -0.39 is 0 Å². The molecule has 8 aromatic carbocycles. The summed E-state index contributed by atoms with van der Waals surface area (Å²) in [7, 11) is 0. The molecule has 11 rings (SSSR count). The van der Waals surface area contributed by atoms with Gasteiger partial charge in [0.25, 0.3) is 0 Å².